The summed E-state index contributed by atoms with van der Waals surface area (Å²) in [6, 6.07) is 15.0. The topological polar surface area (TPSA) is 50.4 Å². The number of hydrogen-bond acceptors (Lipinski definition) is 4. The summed E-state index contributed by atoms with van der Waals surface area (Å²) in [5, 5.41) is 2.46. The number of benzene rings is 2. The smallest absolute Gasteiger partial charge is 0.444 e. The maximum atomic E-state index is 12.1. The predicted octanol–water partition coefficient (Wildman–Crippen LogP) is 5.02. The highest BCUT2D eigenvalue weighted by Gasteiger charge is 2.28. The van der Waals surface area contributed by atoms with Gasteiger partial charge in [0.2, 0.25) is 0 Å². The second kappa shape index (κ2) is 7.77. The van der Waals surface area contributed by atoms with Gasteiger partial charge in [0, 0.05) is 11.4 Å². The van der Waals surface area contributed by atoms with E-state index in [2.05, 4.69) is 10.0 Å². The molecule has 0 aliphatic rings. The van der Waals surface area contributed by atoms with E-state index in [9.17, 15) is 18.0 Å². The summed E-state index contributed by atoms with van der Waals surface area (Å²) in [6.45, 7) is 0.106. The second-order valence-corrected chi connectivity index (χ2v) is 5.29. The Morgan fingerprint density at radius 1 is 1.04 bits per heavy atom. The lowest BCUT2D eigenvalue weighted by Gasteiger charge is -2.10. The van der Waals surface area contributed by atoms with Crippen molar-refractivity contribution in [3.05, 3.63) is 60.2 Å². The SMILES string of the molecule is O=C(Nc1cccc(NSC(F)(F)F)c1)OCc1ccccc1. The third-order valence-corrected chi connectivity index (χ3v) is 3.18. The van der Waals surface area contributed by atoms with E-state index in [4.69, 9.17) is 4.74 Å². The molecule has 0 fully saturated rings. The van der Waals surface area contributed by atoms with E-state index in [1.807, 2.05) is 30.3 Å². The molecule has 0 saturated carbocycles. The Hall–Kier alpha value is -2.35. The molecule has 1 amide bonds. The van der Waals surface area contributed by atoms with Crippen LogP contribution in [0.1, 0.15) is 5.56 Å². The third kappa shape index (κ3) is 6.52. The van der Waals surface area contributed by atoms with Crippen molar-refractivity contribution in [2.75, 3.05) is 10.0 Å². The van der Waals surface area contributed by atoms with Crippen LogP contribution in [0.3, 0.4) is 0 Å². The molecule has 0 spiro atoms. The van der Waals surface area contributed by atoms with Gasteiger partial charge >= 0.3 is 11.6 Å². The molecule has 0 aromatic heterocycles. The van der Waals surface area contributed by atoms with E-state index < -0.39 is 11.6 Å². The Kier molecular flexibility index (Phi) is 5.75. The van der Waals surface area contributed by atoms with Crippen LogP contribution < -0.4 is 10.0 Å². The Bertz CT molecular complexity index is 651. The zero-order valence-electron chi connectivity index (χ0n) is 11.8. The molecule has 0 aliphatic heterocycles. The molecule has 122 valence electrons. The molecule has 2 rings (SSSR count). The number of hydrogen-bond donors (Lipinski definition) is 2. The van der Waals surface area contributed by atoms with Crippen LogP contribution in [0.25, 0.3) is 0 Å². The first-order valence-electron chi connectivity index (χ1n) is 6.51. The van der Waals surface area contributed by atoms with Gasteiger partial charge in [0.25, 0.3) is 0 Å². The number of amides is 1. The van der Waals surface area contributed by atoms with Crippen LogP contribution in [0.15, 0.2) is 54.6 Å². The molecule has 0 bridgehead atoms. The van der Waals surface area contributed by atoms with Crippen molar-refractivity contribution >= 4 is 29.4 Å². The standard InChI is InChI=1S/C15H13F3N2O2S/c16-15(17,18)23-20-13-8-4-7-12(9-13)19-14(21)22-10-11-5-2-1-3-6-11/h1-9,20H,10H2,(H,19,21). The van der Waals surface area contributed by atoms with Gasteiger partial charge in [-0.2, -0.15) is 13.2 Å². The maximum absolute atomic E-state index is 12.1. The number of anilines is 2. The molecule has 0 aliphatic carbocycles. The molecule has 8 heteroatoms. The van der Waals surface area contributed by atoms with E-state index in [1.165, 1.54) is 18.2 Å². The van der Waals surface area contributed by atoms with E-state index in [0.717, 1.165) is 5.56 Å². The summed E-state index contributed by atoms with van der Waals surface area (Å²) in [6.07, 6.45) is -0.686. The fourth-order valence-electron chi connectivity index (χ4n) is 1.65. The van der Waals surface area contributed by atoms with Crippen LogP contribution in [-0.4, -0.2) is 11.6 Å². The summed E-state index contributed by atoms with van der Waals surface area (Å²) in [4.78, 5) is 11.7. The molecule has 2 aromatic rings. The van der Waals surface area contributed by atoms with Crippen LogP contribution in [0.5, 0.6) is 0 Å². The number of halogens is 3. The Morgan fingerprint density at radius 2 is 1.74 bits per heavy atom. The third-order valence-electron chi connectivity index (χ3n) is 2.61. The molecule has 4 nitrogen and oxygen atoms in total. The van der Waals surface area contributed by atoms with Crippen LogP contribution in [0.4, 0.5) is 29.3 Å². The average molecular weight is 342 g/mol. The van der Waals surface area contributed by atoms with Gasteiger partial charge in [0.15, 0.2) is 0 Å². The van der Waals surface area contributed by atoms with Gasteiger partial charge in [-0.3, -0.25) is 5.32 Å². The lowest BCUT2D eigenvalue weighted by Crippen LogP contribution is -2.13. The van der Waals surface area contributed by atoms with Crippen LogP contribution in [-0.2, 0) is 11.3 Å². The van der Waals surface area contributed by atoms with E-state index >= 15 is 0 Å². The van der Waals surface area contributed by atoms with Gasteiger partial charge in [0.1, 0.15) is 6.61 Å². The van der Waals surface area contributed by atoms with Gasteiger partial charge in [-0.05, 0) is 23.8 Å². The molecule has 2 N–H and O–H groups in total. The number of ether oxygens (including phenoxy) is 1. The van der Waals surface area contributed by atoms with Crippen molar-refractivity contribution in [2.24, 2.45) is 0 Å². The number of carbonyl (C=O) groups is 1. The van der Waals surface area contributed by atoms with Crippen LogP contribution in [0, 0.1) is 0 Å². The van der Waals surface area contributed by atoms with Gasteiger partial charge in [0.05, 0.1) is 11.9 Å². The monoisotopic (exact) mass is 342 g/mol. The number of nitrogens with one attached hydrogen (secondary N) is 2. The average Bonchev–Trinajstić information content (AvgIpc) is 2.52. The number of alkyl halides is 3. The highest BCUT2D eigenvalue weighted by Crippen LogP contribution is 2.31. The first kappa shape index (κ1) is 17.0. The molecule has 0 heterocycles. The Labute approximate surface area is 135 Å². The summed E-state index contributed by atoms with van der Waals surface area (Å²) < 4.78 is 43.6. The van der Waals surface area contributed by atoms with Crippen molar-refractivity contribution < 1.29 is 22.7 Å². The summed E-state index contributed by atoms with van der Waals surface area (Å²) in [5.41, 5.74) is -3.01. The van der Waals surface area contributed by atoms with Crippen LogP contribution >= 0.6 is 11.9 Å². The van der Waals surface area contributed by atoms with Crippen molar-refractivity contribution in [3.63, 3.8) is 0 Å². The minimum absolute atomic E-state index is 0.106. The molecule has 0 saturated heterocycles. The van der Waals surface area contributed by atoms with Crippen LogP contribution in [0.2, 0.25) is 0 Å². The highest BCUT2D eigenvalue weighted by molar-refractivity contribution is 8.01. The van der Waals surface area contributed by atoms with Crippen molar-refractivity contribution in [3.8, 4) is 0 Å². The van der Waals surface area contributed by atoms with Gasteiger partial charge < -0.3 is 9.46 Å². The molecule has 0 unspecified atom stereocenters. The van der Waals surface area contributed by atoms with E-state index in [1.54, 1.807) is 6.07 Å². The molecule has 23 heavy (non-hydrogen) atoms. The molecular formula is C15H13F3N2O2S. The lowest BCUT2D eigenvalue weighted by molar-refractivity contribution is -0.0323. The lowest BCUT2D eigenvalue weighted by atomic mass is 10.2. The van der Waals surface area contributed by atoms with Gasteiger partial charge in [-0.25, -0.2) is 4.79 Å². The predicted molar refractivity (Wildman–Crippen MR) is 84.0 cm³/mol. The molecular weight excluding hydrogens is 329 g/mol. The fourth-order valence-corrected chi connectivity index (χ4v) is 2.01. The minimum atomic E-state index is -4.39. The summed E-state index contributed by atoms with van der Waals surface area (Å²) in [5.74, 6) is 0. The molecule has 0 radical (unpaired) electrons. The summed E-state index contributed by atoms with van der Waals surface area (Å²) in [7, 11) is 0. The number of rotatable bonds is 5. The summed E-state index contributed by atoms with van der Waals surface area (Å²) >= 11 is -0.372. The quantitative estimate of drug-likeness (QED) is 0.750. The van der Waals surface area contributed by atoms with E-state index in [0.29, 0.717) is 5.69 Å². The maximum Gasteiger partial charge on any atom is 0.461 e. The van der Waals surface area contributed by atoms with E-state index in [-0.39, 0.29) is 24.2 Å². The van der Waals surface area contributed by atoms with Crippen molar-refractivity contribution in [1.82, 2.24) is 0 Å². The largest absolute Gasteiger partial charge is 0.461 e. The van der Waals surface area contributed by atoms with Gasteiger partial charge in [-0.1, -0.05) is 36.4 Å². The zero-order valence-corrected chi connectivity index (χ0v) is 12.6. The van der Waals surface area contributed by atoms with Crippen molar-refractivity contribution in [1.29, 1.82) is 0 Å². The molecule has 2 aromatic carbocycles. The second-order valence-electron chi connectivity index (χ2n) is 4.42. The van der Waals surface area contributed by atoms with Gasteiger partial charge in [-0.15, -0.1) is 0 Å². The fraction of sp³-hybridized carbons (Fsp3) is 0.133. The zero-order chi connectivity index (χ0) is 16.7. The first-order valence-corrected chi connectivity index (χ1v) is 7.32. The Balaban J connectivity index is 1.86. The normalized spacial score (nSPS) is 10.9. The molecule has 0 atom stereocenters. The highest BCUT2D eigenvalue weighted by atomic mass is 32.2. The van der Waals surface area contributed by atoms with Crippen molar-refractivity contribution in [2.45, 2.75) is 12.1 Å². The number of carbonyl (C=O) groups excluding carboxylic acids is 1. The Morgan fingerprint density at radius 3 is 2.43 bits per heavy atom. The first-order chi connectivity index (χ1) is 10.9. The minimum Gasteiger partial charge on any atom is -0.444 e.